The maximum atomic E-state index is 12.3. The minimum absolute atomic E-state index is 0.105. The van der Waals surface area contributed by atoms with Crippen molar-refractivity contribution in [2.75, 3.05) is 6.54 Å². The molecule has 1 heterocycles. The standard InChI is InChI=1S/C14H19NOS2/c1-10(2)9-15-13(16)12(18-14(15)17)8-11-6-4-3-5-7-11/h3-4,8,10-11H,5-7,9H2,1-2H3/b12-8-/t11-/m0/s1. The maximum Gasteiger partial charge on any atom is 0.265 e. The van der Waals surface area contributed by atoms with E-state index in [2.05, 4.69) is 32.1 Å². The second-order valence-electron chi connectivity index (χ2n) is 5.25. The number of allylic oxidation sites excluding steroid dienone is 3. The summed E-state index contributed by atoms with van der Waals surface area (Å²) >= 11 is 6.76. The van der Waals surface area contributed by atoms with Crippen molar-refractivity contribution in [2.24, 2.45) is 11.8 Å². The molecule has 2 nitrogen and oxygen atoms in total. The average Bonchev–Trinajstić information content (AvgIpc) is 2.58. The largest absolute Gasteiger partial charge is 0.293 e. The van der Waals surface area contributed by atoms with Crippen LogP contribution in [0.2, 0.25) is 0 Å². The molecule has 2 rings (SSSR count). The molecule has 0 saturated carbocycles. The Balaban J connectivity index is 2.07. The van der Waals surface area contributed by atoms with Crippen LogP contribution in [0.15, 0.2) is 23.1 Å². The van der Waals surface area contributed by atoms with Gasteiger partial charge in [-0.05, 0) is 31.1 Å². The number of hydrogen-bond donors (Lipinski definition) is 0. The first-order valence-electron chi connectivity index (χ1n) is 6.48. The van der Waals surface area contributed by atoms with E-state index in [-0.39, 0.29) is 5.91 Å². The van der Waals surface area contributed by atoms with Crippen LogP contribution < -0.4 is 0 Å². The number of carbonyl (C=O) groups excluding carboxylic acids is 1. The number of hydrogen-bond acceptors (Lipinski definition) is 3. The van der Waals surface area contributed by atoms with Crippen LogP contribution in [0.3, 0.4) is 0 Å². The number of rotatable bonds is 3. The third-order valence-electron chi connectivity index (χ3n) is 3.12. The molecule has 1 amide bonds. The Hall–Kier alpha value is -0.610. The summed E-state index contributed by atoms with van der Waals surface area (Å²) in [5, 5.41) is 0. The van der Waals surface area contributed by atoms with Gasteiger partial charge in [0.2, 0.25) is 0 Å². The minimum Gasteiger partial charge on any atom is -0.293 e. The smallest absolute Gasteiger partial charge is 0.265 e. The van der Waals surface area contributed by atoms with Gasteiger partial charge in [0.1, 0.15) is 4.32 Å². The molecule has 2 aliphatic rings. The molecule has 18 heavy (non-hydrogen) atoms. The Kier molecular flexibility index (Phi) is 4.62. The predicted octanol–water partition coefficient (Wildman–Crippen LogP) is 3.74. The molecule has 1 saturated heterocycles. The molecular weight excluding hydrogens is 262 g/mol. The number of amides is 1. The van der Waals surface area contributed by atoms with E-state index in [0.717, 1.165) is 30.7 Å². The first kappa shape index (κ1) is 13.8. The fourth-order valence-electron chi connectivity index (χ4n) is 2.22. The molecule has 0 N–H and O–H groups in total. The predicted molar refractivity (Wildman–Crippen MR) is 81.3 cm³/mol. The summed E-state index contributed by atoms with van der Waals surface area (Å²) in [6.07, 6.45) is 9.86. The highest BCUT2D eigenvalue weighted by molar-refractivity contribution is 8.26. The molecule has 0 aromatic rings. The van der Waals surface area contributed by atoms with E-state index in [9.17, 15) is 4.79 Å². The first-order valence-corrected chi connectivity index (χ1v) is 7.71. The van der Waals surface area contributed by atoms with E-state index < -0.39 is 0 Å². The molecule has 98 valence electrons. The second-order valence-corrected chi connectivity index (χ2v) is 6.93. The van der Waals surface area contributed by atoms with Crippen molar-refractivity contribution in [1.29, 1.82) is 0 Å². The van der Waals surface area contributed by atoms with E-state index in [1.807, 2.05) is 0 Å². The normalized spacial score (nSPS) is 26.7. The van der Waals surface area contributed by atoms with Gasteiger partial charge in [-0.1, -0.05) is 56.1 Å². The van der Waals surface area contributed by atoms with Gasteiger partial charge in [-0.15, -0.1) is 0 Å². The number of carbonyl (C=O) groups is 1. The summed E-state index contributed by atoms with van der Waals surface area (Å²) in [6.45, 7) is 4.94. The lowest BCUT2D eigenvalue weighted by molar-refractivity contribution is -0.122. The maximum absolute atomic E-state index is 12.3. The molecule has 4 heteroatoms. The third-order valence-corrected chi connectivity index (χ3v) is 4.51. The van der Waals surface area contributed by atoms with Gasteiger partial charge in [-0.25, -0.2) is 0 Å². The van der Waals surface area contributed by atoms with Crippen LogP contribution >= 0.6 is 24.0 Å². The molecule has 0 aromatic heterocycles. The number of nitrogens with zero attached hydrogens (tertiary/aromatic N) is 1. The van der Waals surface area contributed by atoms with Crippen molar-refractivity contribution in [1.82, 2.24) is 4.90 Å². The zero-order valence-electron chi connectivity index (χ0n) is 10.9. The number of thiocarbonyl (C=S) groups is 1. The van der Waals surface area contributed by atoms with Crippen LogP contribution in [-0.2, 0) is 4.79 Å². The van der Waals surface area contributed by atoms with Crippen LogP contribution in [0.4, 0.5) is 0 Å². The van der Waals surface area contributed by atoms with Gasteiger partial charge in [0.15, 0.2) is 0 Å². The second kappa shape index (κ2) is 6.02. The Bertz CT molecular complexity index is 412. The van der Waals surface area contributed by atoms with Crippen LogP contribution in [0, 0.1) is 11.8 Å². The van der Waals surface area contributed by atoms with Crippen LogP contribution in [0.1, 0.15) is 33.1 Å². The summed E-state index contributed by atoms with van der Waals surface area (Å²) < 4.78 is 0.714. The molecule has 0 unspecified atom stereocenters. The number of thioether (sulfide) groups is 1. The summed E-state index contributed by atoms with van der Waals surface area (Å²) in [4.78, 5) is 14.8. The Morgan fingerprint density at radius 1 is 1.56 bits per heavy atom. The monoisotopic (exact) mass is 281 g/mol. The van der Waals surface area contributed by atoms with Gasteiger partial charge in [-0.2, -0.15) is 0 Å². The summed E-state index contributed by atoms with van der Waals surface area (Å²) in [7, 11) is 0. The average molecular weight is 281 g/mol. The molecule has 1 aliphatic heterocycles. The van der Waals surface area contributed by atoms with E-state index in [1.54, 1.807) is 4.90 Å². The lowest BCUT2D eigenvalue weighted by atomic mass is 9.94. The first-order chi connectivity index (χ1) is 8.58. The van der Waals surface area contributed by atoms with Gasteiger partial charge in [0.05, 0.1) is 4.91 Å². The van der Waals surface area contributed by atoms with Gasteiger partial charge in [0, 0.05) is 6.54 Å². The molecule has 0 spiro atoms. The van der Waals surface area contributed by atoms with Crippen molar-refractivity contribution in [3.05, 3.63) is 23.1 Å². The third kappa shape index (κ3) is 3.23. The van der Waals surface area contributed by atoms with Crippen molar-refractivity contribution in [3.8, 4) is 0 Å². The highest BCUT2D eigenvalue weighted by Crippen LogP contribution is 2.34. The molecule has 1 aliphatic carbocycles. The SMILES string of the molecule is CC(C)CN1C(=O)/C(=C/[C@H]2CC=CCC2)SC1=S. The quantitative estimate of drug-likeness (QED) is 0.446. The van der Waals surface area contributed by atoms with Crippen LogP contribution in [0.25, 0.3) is 0 Å². The summed E-state index contributed by atoms with van der Waals surface area (Å²) in [6, 6.07) is 0. The van der Waals surface area contributed by atoms with E-state index in [0.29, 0.717) is 16.2 Å². The molecular formula is C14H19NOS2. The topological polar surface area (TPSA) is 20.3 Å². The zero-order valence-corrected chi connectivity index (χ0v) is 12.5. The summed E-state index contributed by atoms with van der Waals surface area (Å²) in [5.74, 6) is 1.06. The fourth-order valence-corrected chi connectivity index (χ4v) is 3.56. The van der Waals surface area contributed by atoms with Crippen molar-refractivity contribution < 1.29 is 4.79 Å². The van der Waals surface area contributed by atoms with Crippen LogP contribution in [0.5, 0.6) is 0 Å². The summed E-state index contributed by atoms with van der Waals surface area (Å²) in [5.41, 5.74) is 0. The minimum atomic E-state index is 0.105. The zero-order chi connectivity index (χ0) is 13.1. The fraction of sp³-hybridized carbons (Fsp3) is 0.571. The van der Waals surface area contributed by atoms with Crippen LogP contribution in [-0.4, -0.2) is 21.7 Å². The Morgan fingerprint density at radius 3 is 2.94 bits per heavy atom. The van der Waals surface area contributed by atoms with E-state index in [1.165, 1.54) is 11.8 Å². The van der Waals surface area contributed by atoms with E-state index in [4.69, 9.17) is 12.2 Å². The van der Waals surface area contributed by atoms with Gasteiger partial charge >= 0.3 is 0 Å². The highest BCUT2D eigenvalue weighted by Gasteiger charge is 2.32. The van der Waals surface area contributed by atoms with Crippen molar-refractivity contribution >= 4 is 34.2 Å². The molecule has 0 aromatic carbocycles. The lowest BCUT2D eigenvalue weighted by Crippen LogP contribution is -2.31. The Labute approximate surface area is 118 Å². The van der Waals surface area contributed by atoms with Crippen molar-refractivity contribution in [2.45, 2.75) is 33.1 Å². The van der Waals surface area contributed by atoms with Gasteiger partial charge < -0.3 is 0 Å². The van der Waals surface area contributed by atoms with Gasteiger partial charge in [0.25, 0.3) is 5.91 Å². The Morgan fingerprint density at radius 2 is 2.33 bits per heavy atom. The lowest BCUT2D eigenvalue weighted by Gasteiger charge is -2.17. The molecule has 0 radical (unpaired) electrons. The highest BCUT2D eigenvalue weighted by atomic mass is 32.2. The van der Waals surface area contributed by atoms with Crippen molar-refractivity contribution in [3.63, 3.8) is 0 Å². The van der Waals surface area contributed by atoms with Gasteiger partial charge in [-0.3, -0.25) is 9.69 Å². The van der Waals surface area contributed by atoms with E-state index >= 15 is 0 Å². The molecule has 1 fully saturated rings. The molecule has 1 atom stereocenters. The molecule has 0 bridgehead atoms.